The van der Waals surface area contributed by atoms with E-state index >= 15 is 0 Å². The molecule has 5 N–H and O–H groups in total. The van der Waals surface area contributed by atoms with Gasteiger partial charge in [-0.15, -0.1) is 0 Å². The van der Waals surface area contributed by atoms with Crippen molar-refractivity contribution in [2.24, 2.45) is 5.73 Å². The number of aliphatic hydroxyl groups is 3. The van der Waals surface area contributed by atoms with E-state index in [4.69, 9.17) is 25.8 Å². The average molecular weight is 253 g/mol. The molecule has 0 aliphatic rings. The van der Waals surface area contributed by atoms with Crippen LogP contribution in [0.15, 0.2) is 0 Å². The van der Waals surface area contributed by atoms with Crippen LogP contribution < -0.4 is 5.73 Å². The highest BCUT2D eigenvalue weighted by molar-refractivity contribution is 4.54. The molecule has 0 heterocycles. The van der Waals surface area contributed by atoms with Crippen LogP contribution >= 0.6 is 0 Å². The molecule has 0 aromatic heterocycles. The molecular weight excluding hydrogens is 222 g/mol. The third kappa shape index (κ3) is 38.9. The third-order valence-corrected chi connectivity index (χ3v) is 1.39. The second-order valence-electron chi connectivity index (χ2n) is 3.70. The average Bonchev–Trinajstić information content (AvgIpc) is 2.25. The Morgan fingerprint density at radius 2 is 1.65 bits per heavy atom. The summed E-state index contributed by atoms with van der Waals surface area (Å²) in [5.41, 5.74) is 5.33. The summed E-state index contributed by atoms with van der Waals surface area (Å²) in [6.07, 6.45) is 2.09. The van der Waals surface area contributed by atoms with Gasteiger partial charge in [0.05, 0.1) is 19.3 Å². The van der Waals surface area contributed by atoms with Crippen LogP contribution in [-0.4, -0.2) is 47.0 Å². The Balaban J connectivity index is -0.000000236. The van der Waals surface area contributed by atoms with Crippen LogP contribution in [-0.2, 0) is 4.74 Å². The van der Waals surface area contributed by atoms with Gasteiger partial charge in [0.2, 0.25) is 0 Å². The van der Waals surface area contributed by atoms with E-state index < -0.39 is 5.79 Å². The number of rotatable bonds is 6. The first-order valence-electron chi connectivity index (χ1n) is 6.22. The fourth-order valence-electron chi connectivity index (χ4n) is 0.811. The van der Waals surface area contributed by atoms with Gasteiger partial charge in [0.15, 0.2) is 5.79 Å². The molecule has 0 radical (unpaired) electrons. The maximum Gasteiger partial charge on any atom is 0.156 e. The summed E-state index contributed by atoms with van der Waals surface area (Å²) in [6.45, 7) is 9.83. The normalized spacial score (nSPS) is 11.8. The van der Waals surface area contributed by atoms with Crippen molar-refractivity contribution in [1.29, 1.82) is 0 Å². The molecule has 5 nitrogen and oxygen atoms in total. The Morgan fingerprint density at radius 1 is 1.24 bits per heavy atom. The van der Waals surface area contributed by atoms with Crippen molar-refractivity contribution in [3.8, 4) is 0 Å². The van der Waals surface area contributed by atoms with Crippen molar-refractivity contribution in [3.05, 3.63) is 0 Å². The van der Waals surface area contributed by atoms with Crippen molar-refractivity contribution in [1.82, 2.24) is 0 Å². The summed E-state index contributed by atoms with van der Waals surface area (Å²) < 4.78 is 5.25. The molecule has 0 rings (SSSR count). The zero-order valence-corrected chi connectivity index (χ0v) is 11.9. The molecule has 1 atom stereocenters. The first-order chi connectivity index (χ1) is 7.85. The Hall–Kier alpha value is -0.200. The molecular formula is C12H31NO4. The molecule has 0 aliphatic heterocycles. The number of hydrogen-bond acceptors (Lipinski definition) is 5. The number of aliphatic hydroxyl groups excluding tert-OH is 1. The minimum absolute atomic E-state index is 0.0983. The molecule has 0 saturated carbocycles. The van der Waals surface area contributed by atoms with Gasteiger partial charge in [-0.1, -0.05) is 20.8 Å². The fourth-order valence-corrected chi connectivity index (χ4v) is 0.811. The molecule has 0 aliphatic carbocycles. The zero-order chi connectivity index (χ0) is 14.3. The lowest BCUT2D eigenvalue weighted by atomic mass is 10.2. The topological polar surface area (TPSA) is 95.9 Å². The second-order valence-corrected chi connectivity index (χ2v) is 3.70. The van der Waals surface area contributed by atoms with Crippen molar-refractivity contribution in [2.75, 3.05) is 19.8 Å². The van der Waals surface area contributed by atoms with Gasteiger partial charge in [-0.25, -0.2) is 0 Å². The van der Waals surface area contributed by atoms with Crippen molar-refractivity contribution in [3.63, 3.8) is 0 Å². The lowest BCUT2D eigenvalue weighted by Crippen LogP contribution is -2.18. The predicted octanol–water partition coefficient (Wildman–Crippen LogP) is 0.856. The van der Waals surface area contributed by atoms with Gasteiger partial charge in [-0.3, -0.25) is 0 Å². The Morgan fingerprint density at radius 3 is 1.88 bits per heavy atom. The van der Waals surface area contributed by atoms with Gasteiger partial charge in [0.1, 0.15) is 0 Å². The van der Waals surface area contributed by atoms with Gasteiger partial charge in [-0.05, 0) is 33.2 Å². The summed E-state index contributed by atoms with van der Waals surface area (Å²) in [7, 11) is 0. The second kappa shape index (κ2) is 15.8. The molecule has 17 heavy (non-hydrogen) atoms. The minimum atomic E-state index is -1.50. The molecule has 5 heteroatoms. The SMILES string of the molecule is CC.CC(C)(O)O.CCC(CCN)OCCO. The van der Waals surface area contributed by atoms with Crippen LogP contribution in [0, 0.1) is 0 Å². The smallest absolute Gasteiger partial charge is 0.156 e. The lowest BCUT2D eigenvalue weighted by Gasteiger charge is -2.13. The summed E-state index contributed by atoms with van der Waals surface area (Å²) in [6, 6.07) is 0. The van der Waals surface area contributed by atoms with E-state index in [9.17, 15) is 0 Å². The summed E-state index contributed by atoms with van der Waals surface area (Å²) in [5, 5.41) is 24.6. The molecule has 0 saturated heterocycles. The molecule has 0 aromatic rings. The first kappa shape index (κ1) is 22.0. The Labute approximate surface area is 106 Å². The van der Waals surface area contributed by atoms with Gasteiger partial charge < -0.3 is 25.8 Å². The van der Waals surface area contributed by atoms with Crippen molar-refractivity contribution >= 4 is 0 Å². The van der Waals surface area contributed by atoms with Gasteiger partial charge in [-0.2, -0.15) is 0 Å². The minimum Gasteiger partial charge on any atom is -0.394 e. The van der Waals surface area contributed by atoms with Crippen LogP contribution in [0.3, 0.4) is 0 Å². The number of ether oxygens (including phenoxy) is 1. The number of hydrogen-bond donors (Lipinski definition) is 4. The van der Waals surface area contributed by atoms with Crippen molar-refractivity contribution < 1.29 is 20.1 Å². The standard InChI is InChI=1S/C7H17NO2.C3H8O2.C2H6/c1-2-7(3-4-8)10-6-5-9;1-3(2,4)5;1-2/h7,9H,2-6,8H2,1H3;4-5H,1-2H3;1-2H3. The van der Waals surface area contributed by atoms with Crippen LogP contribution in [0.25, 0.3) is 0 Å². The fraction of sp³-hybridized carbons (Fsp3) is 1.00. The van der Waals surface area contributed by atoms with E-state index in [0.717, 1.165) is 12.8 Å². The molecule has 1 unspecified atom stereocenters. The predicted molar refractivity (Wildman–Crippen MR) is 70.7 cm³/mol. The van der Waals surface area contributed by atoms with E-state index in [-0.39, 0.29) is 12.7 Å². The highest BCUT2D eigenvalue weighted by atomic mass is 16.5. The summed E-state index contributed by atoms with van der Waals surface area (Å²) >= 11 is 0. The van der Waals surface area contributed by atoms with E-state index in [2.05, 4.69) is 6.92 Å². The van der Waals surface area contributed by atoms with Crippen LogP contribution in [0.5, 0.6) is 0 Å². The quantitative estimate of drug-likeness (QED) is 0.526. The molecule has 0 spiro atoms. The van der Waals surface area contributed by atoms with Gasteiger partial charge in [0.25, 0.3) is 0 Å². The molecule has 0 aromatic carbocycles. The molecule has 0 fully saturated rings. The highest BCUT2D eigenvalue weighted by Crippen LogP contribution is 2.00. The van der Waals surface area contributed by atoms with Gasteiger partial charge >= 0.3 is 0 Å². The van der Waals surface area contributed by atoms with Crippen molar-refractivity contribution in [2.45, 2.75) is 59.4 Å². The van der Waals surface area contributed by atoms with Gasteiger partial charge in [0, 0.05) is 0 Å². The lowest BCUT2D eigenvalue weighted by molar-refractivity contribution is -0.127. The first-order valence-corrected chi connectivity index (χ1v) is 6.22. The Bertz CT molecular complexity index is 120. The van der Waals surface area contributed by atoms with E-state index in [1.54, 1.807) is 0 Å². The maximum absolute atomic E-state index is 8.42. The summed E-state index contributed by atoms with van der Waals surface area (Å²) in [4.78, 5) is 0. The van der Waals surface area contributed by atoms with E-state index in [0.29, 0.717) is 13.2 Å². The van der Waals surface area contributed by atoms with Crippen LogP contribution in [0.1, 0.15) is 47.5 Å². The maximum atomic E-state index is 8.42. The molecule has 108 valence electrons. The summed E-state index contributed by atoms with van der Waals surface area (Å²) in [5.74, 6) is -1.50. The monoisotopic (exact) mass is 253 g/mol. The molecule has 0 bridgehead atoms. The van der Waals surface area contributed by atoms with E-state index in [1.807, 2.05) is 13.8 Å². The molecule has 0 amide bonds. The largest absolute Gasteiger partial charge is 0.394 e. The zero-order valence-electron chi connectivity index (χ0n) is 11.9. The number of nitrogens with two attached hydrogens (primary N) is 1. The van der Waals surface area contributed by atoms with Crippen LogP contribution in [0.2, 0.25) is 0 Å². The third-order valence-electron chi connectivity index (χ3n) is 1.39. The van der Waals surface area contributed by atoms with E-state index in [1.165, 1.54) is 13.8 Å². The Kier molecular flexibility index (Phi) is 20.5. The highest BCUT2D eigenvalue weighted by Gasteiger charge is 2.03. The van der Waals surface area contributed by atoms with Crippen LogP contribution in [0.4, 0.5) is 0 Å².